The Morgan fingerprint density at radius 3 is 2.93 bits per heavy atom. The number of fused-ring (bicyclic) bond motifs is 1. The highest BCUT2D eigenvalue weighted by atomic mass is 16.3. The summed E-state index contributed by atoms with van der Waals surface area (Å²) in [5.41, 5.74) is 13.8. The van der Waals surface area contributed by atoms with E-state index in [1.54, 1.807) is 0 Å². The summed E-state index contributed by atoms with van der Waals surface area (Å²) in [6.45, 7) is -0.0848. The van der Waals surface area contributed by atoms with Crippen molar-refractivity contribution in [3.63, 3.8) is 0 Å². The molecule has 74 valence electrons. The van der Waals surface area contributed by atoms with Crippen molar-refractivity contribution in [2.24, 2.45) is 5.73 Å². The third-order valence-electron chi connectivity index (χ3n) is 2.69. The number of nitrogens with two attached hydrogens (primary N) is 2. The summed E-state index contributed by atoms with van der Waals surface area (Å²) in [4.78, 5) is 0. The molecule has 14 heavy (non-hydrogen) atoms. The van der Waals surface area contributed by atoms with Gasteiger partial charge < -0.3 is 16.6 Å². The number of rotatable bonds is 1. The fourth-order valence-corrected chi connectivity index (χ4v) is 1.94. The molecule has 0 spiro atoms. The molecule has 3 heteroatoms. The molecule has 1 aromatic carbocycles. The molecule has 1 aliphatic rings. The van der Waals surface area contributed by atoms with Crippen LogP contribution in [0, 0.1) is 0 Å². The first-order valence-corrected chi connectivity index (χ1v) is 4.62. The Hall–Kier alpha value is -1.32. The summed E-state index contributed by atoms with van der Waals surface area (Å²) < 4.78 is 0. The van der Waals surface area contributed by atoms with E-state index < -0.39 is 5.54 Å². The average Bonchev–Trinajstić information content (AvgIpc) is 2.18. The summed E-state index contributed by atoms with van der Waals surface area (Å²) in [7, 11) is 0. The Bertz CT molecular complexity index is 387. The van der Waals surface area contributed by atoms with Crippen molar-refractivity contribution in [3.05, 3.63) is 35.4 Å². The first-order chi connectivity index (χ1) is 6.67. The molecule has 0 bridgehead atoms. The molecular weight excluding hydrogens is 176 g/mol. The smallest absolute Gasteiger partial charge is 0.0705 e. The fraction of sp³-hybridized carbons (Fsp3) is 0.273. The molecule has 5 N–H and O–H groups in total. The van der Waals surface area contributed by atoms with E-state index in [1.807, 2.05) is 30.4 Å². The van der Waals surface area contributed by atoms with Crippen LogP contribution in [-0.2, 0) is 5.54 Å². The SMILES string of the molecule is Nc1cccc2c1C(N)(CO)CC=C2. The second-order valence-corrected chi connectivity index (χ2v) is 3.73. The van der Waals surface area contributed by atoms with Crippen molar-refractivity contribution in [1.29, 1.82) is 0 Å². The van der Waals surface area contributed by atoms with E-state index in [2.05, 4.69) is 0 Å². The van der Waals surface area contributed by atoms with Crippen LogP contribution < -0.4 is 11.5 Å². The van der Waals surface area contributed by atoms with Gasteiger partial charge in [-0.25, -0.2) is 0 Å². The minimum atomic E-state index is -0.713. The molecule has 0 saturated carbocycles. The van der Waals surface area contributed by atoms with Gasteiger partial charge in [0.25, 0.3) is 0 Å². The number of nitrogen functional groups attached to an aromatic ring is 1. The van der Waals surface area contributed by atoms with Crippen molar-refractivity contribution >= 4 is 11.8 Å². The lowest BCUT2D eigenvalue weighted by Crippen LogP contribution is -2.42. The van der Waals surface area contributed by atoms with Crippen LogP contribution in [0.1, 0.15) is 17.5 Å². The summed E-state index contributed by atoms with van der Waals surface area (Å²) in [6, 6.07) is 5.66. The van der Waals surface area contributed by atoms with Crippen molar-refractivity contribution in [3.8, 4) is 0 Å². The van der Waals surface area contributed by atoms with E-state index in [1.165, 1.54) is 0 Å². The predicted molar refractivity (Wildman–Crippen MR) is 57.5 cm³/mol. The van der Waals surface area contributed by atoms with Gasteiger partial charge in [-0.1, -0.05) is 24.3 Å². The molecule has 0 saturated heterocycles. The van der Waals surface area contributed by atoms with Crippen molar-refractivity contribution < 1.29 is 5.11 Å². The number of aliphatic hydroxyl groups is 1. The maximum atomic E-state index is 9.31. The summed E-state index contributed by atoms with van der Waals surface area (Å²) in [5.74, 6) is 0. The zero-order chi connectivity index (χ0) is 10.2. The molecule has 1 aromatic rings. The molecule has 0 aliphatic heterocycles. The number of aliphatic hydroxyl groups excluding tert-OH is 1. The van der Waals surface area contributed by atoms with Crippen molar-refractivity contribution in [1.82, 2.24) is 0 Å². The maximum absolute atomic E-state index is 9.31. The fourth-order valence-electron chi connectivity index (χ4n) is 1.94. The third-order valence-corrected chi connectivity index (χ3v) is 2.69. The van der Waals surface area contributed by atoms with Gasteiger partial charge in [0.1, 0.15) is 0 Å². The zero-order valence-electron chi connectivity index (χ0n) is 7.90. The lowest BCUT2D eigenvalue weighted by Gasteiger charge is -2.32. The van der Waals surface area contributed by atoms with Crippen LogP contribution in [0.4, 0.5) is 5.69 Å². The van der Waals surface area contributed by atoms with Gasteiger partial charge >= 0.3 is 0 Å². The van der Waals surface area contributed by atoms with E-state index in [0.29, 0.717) is 12.1 Å². The van der Waals surface area contributed by atoms with Gasteiger partial charge in [0.05, 0.1) is 12.1 Å². The number of benzene rings is 1. The molecule has 1 atom stereocenters. The average molecular weight is 190 g/mol. The Morgan fingerprint density at radius 2 is 2.21 bits per heavy atom. The Morgan fingerprint density at radius 1 is 1.43 bits per heavy atom. The molecule has 3 nitrogen and oxygen atoms in total. The van der Waals surface area contributed by atoms with Crippen LogP contribution in [0.3, 0.4) is 0 Å². The zero-order valence-corrected chi connectivity index (χ0v) is 7.90. The Kier molecular flexibility index (Phi) is 2.06. The van der Waals surface area contributed by atoms with Crippen LogP contribution in [0.2, 0.25) is 0 Å². The summed E-state index contributed by atoms with van der Waals surface area (Å²) >= 11 is 0. The number of hydrogen-bond acceptors (Lipinski definition) is 3. The first kappa shape index (κ1) is 9.24. The van der Waals surface area contributed by atoms with E-state index in [4.69, 9.17) is 11.5 Å². The van der Waals surface area contributed by atoms with Crippen LogP contribution in [-0.4, -0.2) is 11.7 Å². The monoisotopic (exact) mass is 190 g/mol. The van der Waals surface area contributed by atoms with Gasteiger partial charge in [-0.05, 0) is 18.1 Å². The predicted octanol–water partition coefficient (Wildman–Crippen LogP) is 0.832. The van der Waals surface area contributed by atoms with E-state index in [0.717, 1.165) is 11.1 Å². The molecule has 0 aromatic heterocycles. The molecule has 1 unspecified atom stereocenters. The first-order valence-electron chi connectivity index (χ1n) is 4.62. The minimum absolute atomic E-state index is 0.0848. The highest BCUT2D eigenvalue weighted by molar-refractivity contribution is 5.67. The van der Waals surface area contributed by atoms with Crippen molar-refractivity contribution in [2.75, 3.05) is 12.3 Å². The lowest BCUT2D eigenvalue weighted by molar-refractivity contribution is 0.197. The lowest BCUT2D eigenvalue weighted by atomic mass is 9.80. The van der Waals surface area contributed by atoms with E-state index >= 15 is 0 Å². The Labute approximate surface area is 83.0 Å². The highest BCUT2D eigenvalue weighted by Crippen LogP contribution is 2.34. The van der Waals surface area contributed by atoms with Gasteiger partial charge in [-0.15, -0.1) is 0 Å². The van der Waals surface area contributed by atoms with E-state index in [-0.39, 0.29) is 6.61 Å². The highest BCUT2D eigenvalue weighted by Gasteiger charge is 2.31. The van der Waals surface area contributed by atoms with Gasteiger partial charge in [-0.3, -0.25) is 0 Å². The normalized spacial score (nSPS) is 24.7. The summed E-state index contributed by atoms with van der Waals surface area (Å²) in [6.07, 6.45) is 4.59. The molecule has 2 rings (SSSR count). The van der Waals surface area contributed by atoms with Crippen molar-refractivity contribution in [2.45, 2.75) is 12.0 Å². The topological polar surface area (TPSA) is 72.3 Å². The number of anilines is 1. The largest absolute Gasteiger partial charge is 0.398 e. The van der Waals surface area contributed by atoms with Gasteiger partial charge in [0, 0.05) is 11.3 Å². The minimum Gasteiger partial charge on any atom is -0.398 e. The molecule has 0 radical (unpaired) electrons. The van der Waals surface area contributed by atoms with Gasteiger partial charge in [-0.2, -0.15) is 0 Å². The van der Waals surface area contributed by atoms with E-state index in [9.17, 15) is 5.11 Å². The molecule has 1 aliphatic carbocycles. The van der Waals surface area contributed by atoms with Crippen LogP contribution in [0.25, 0.3) is 6.08 Å². The van der Waals surface area contributed by atoms with Crippen LogP contribution >= 0.6 is 0 Å². The van der Waals surface area contributed by atoms with Crippen LogP contribution in [0.5, 0.6) is 0 Å². The maximum Gasteiger partial charge on any atom is 0.0705 e. The number of hydrogen-bond donors (Lipinski definition) is 3. The quantitative estimate of drug-likeness (QED) is 0.574. The summed E-state index contributed by atoms with van der Waals surface area (Å²) in [5, 5.41) is 9.31. The molecule has 0 amide bonds. The Balaban J connectivity index is 2.64. The third kappa shape index (κ3) is 1.22. The molecule has 0 fully saturated rings. The second kappa shape index (κ2) is 3.12. The van der Waals surface area contributed by atoms with Crippen LogP contribution in [0.15, 0.2) is 24.3 Å². The molecule has 0 heterocycles. The standard InChI is InChI=1S/C11H14N2O/c12-9-5-1-3-8-4-2-6-11(13,7-14)10(8)9/h1-5,14H,6-7,12-13H2. The molecular formula is C11H14N2O. The van der Waals surface area contributed by atoms with Gasteiger partial charge in [0.2, 0.25) is 0 Å². The second-order valence-electron chi connectivity index (χ2n) is 3.73. The van der Waals surface area contributed by atoms with Gasteiger partial charge in [0.15, 0.2) is 0 Å².